The molecule has 2 aliphatic rings. The molecule has 3 rings (SSSR count). The molecule has 0 atom stereocenters. The Balaban J connectivity index is 1.71. The smallest absolute Gasteiger partial charge is 0.399 e. The van der Waals surface area contributed by atoms with Gasteiger partial charge >= 0.3 is 13.3 Å². The Morgan fingerprint density at radius 3 is 2.17 bits per heavy atom. The number of hydrogen-bond acceptors (Lipinski definition) is 4. The predicted molar refractivity (Wildman–Crippen MR) is 106 cm³/mol. The fourth-order valence-corrected chi connectivity index (χ4v) is 3.58. The van der Waals surface area contributed by atoms with E-state index >= 15 is 0 Å². The second-order valence-electron chi connectivity index (χ2n) is 8.51. The summed E-state index contributed by atoms with van der Waals surface area (Å²) in [6, 6.07) is 4.88. The zero-order valence-electron chi connectivity index (χ0n) is 17.0. The lowest BCUT2D eigenvalue weighted by Gasteiger charge is -2.35. The molecule has 2 fully saturated rings. The number of benzene rings is 1. The van der Waals surface area contributed by atoms with Gasteiger partial charge in [0.2, 0.25) is 0 Å². The average molecular weight is 433 g/mol. The largest absolute Gasteiger partial charge is 0.496 e. The van der Waals surface area contributed by atoms with Gasteiger partial charge in [-0.2, -0.15) is 13.2 Å². The fraction of sp³-hybridized carbons (Fsp3) is 0.632. The Bertz CT molecular complexity index is 764. The molecular formula is C19H25BClF3N2O3. The Morgan fingerprint density at radius 2 is 1.66 bits per heavy atom. The molecule has 0 saturated carbocycles. The molecule has 5 nitrogen and oxygen atoms in total. The standard InChI is InChI=1S/C19H25BClF3N2O3/c1-17(2)18(3,4)29-20(28-17)14-11-13(5-6-15(14)21)16(27)26-9-7-25(8-10-26)12-19(22,23)24/h5-6,11H,7-10,12H2,1-4H3. The molecule has 10 heteroatoms. The first-order valence-electron chi connectivity index (χ1n) is 9.52. The minimum atomic E-state index is -4.24. The van der Waals surface area contributed by atoms with Crippen molar-refractivity contribution in [2.75, 3.05) is 32.7 Å². The molecule has 0 radical (unpaired) electrons. The molecule has 0 spiro atoms. The molecule has 2 heterocycles. The Kier molecular flexibility index (Phi) is 5.99. The molecule has 0 unspecified atom stereocenters. The van der Waals surface area contributed by atoms with E-state index in [-0.39, 0.29) is 32.1 Å². The third kappa shape index (κ3) is 4.90. The van der Waals surface area contributed by atoms with Crippen LogP contribution in [0.2, 0.25) is 5.02 Å². The summed E-state index contributed by atoms with van der Waals surface area (Å²) in [6.45, 7) is 7.60. The highest BCUT2D eigenvalue weighted by Gasteiger charge is 2.52. The van der Waals surface area contributed by atoms with Crippen LogP contribution in [0.1, 0.15) is 38.1 Å². The van der Waals surface area contributed by atoms with Crippen molar-refractivity contribution in [1.82, 2.24) is 9.80 Å². The number of carbonyl (C=O) groups is 1. The van der Waals surface area contributed by atoms with Crippen LogP contribution in [0.5, 0.6) is 0 Å². The number of piperazine rings is 1. The molecule has 160 valence electrons. The Hall–Kier alpha value is -1.29. The minimum absolute atomic E-state index is 0.183. The maximum Gasteiger partial charge on any atom is 0.496 e. The van der Waals surface area contributed by atoms with Gasteiger partial charge < -0.3 is 14.2 Å². The van der Waals surface area contributed by atoms with Gasteiger partial charge in [-0.3, -0.25) is 9.69 Å². The third-order valence-electron chi connectivity index (χ3n) is 5.81. The quantitative estimate of drug-likeness (QED) is 0.689. The van der Waals surface area contributed by atoms with E-state index in [0.29, 0.717) is 16.0 Å². The highest BCUT2D eigenvalue weighted by atomic mass is 35.5. The third-order valence-corrected chi connectivity index (χ3v) is 6.16. The van der Waals surface area contributed by atoms with Gasteiger partial charge in [0.05, 0.1) is 17.7 Å². The average Bonchev–Trinajstić information content (AvgIpc) is 2.81. The molecule has 0 bridgehead atoms. The maximum atomic E-state index is 12.9. The zero-order chi connectivity index (χ0) is 21.6. The van der Waals surface area contributed by atoms with Crippen LogP contribution in [-0.2, 0) is 9.31 Å². The lowest BCUT2D eigenvalue weighted by molar-refractivity contribution is -0.148. The Labute approximate surface area is 174 Å². The summed E-state index contributed by atoms with van der Waals surface area (Å²) >= 11 is 6.34. The SMILES string of the molecule is CC1(C)OB(c2cc(C(=O)N3CCN(CC(F)(F)F)CC3)ccc2Cl)OC1(C)C. The predicted octanol–water partition coefficient (Wildman–Crippen LogP) is 2.96. The number of nitrogens with zero attached hydrogens (tertiary/aromatic N) is 2. The number of halogens is 4. The number of rotatable bonds is 3. The molecule has 0 aliphatic carbocycles. The van der Waals surface area contributed by atoms with Crippen molar-refractivity contribution in [3.63, 3.8) is 0 Å². The first kappa shape index (κ1) is 22.4. The summed E-state index contributed by atoms with van der Waals surface area (Å²) in [5.41, 5.74) is -0.124. The second kappa shape index (κ2) is 7.76. The van der Waals surface area contributed by atoms with Crippen LogP contribution in [0, 0.1) is 0 Å². The van der Waals surface area contributed by atoms with E-state index in [1.807, 2.05) is 27.7 Å². The number of alkyl halides is 3. The minimum Gasteiger partial charge on any atom is -0.399 e. The van der Waals surface area contributed by atoms with Crippen molar-refractivity contribution < 1.29 is 27.3 Å². The van der Waals surface area contributed by atoms with Crippen molar-refractivity contribution in [2.45, 2.75) is 45.1 Å². The van der Waals surface area contributed by atoms with E-state index in [4.69, 9.17) is 20.9 Å². The zero-order valence-corrected chi connectivity index (χ0v) is 17.7. The van der Waals surface area contributed by atoms with Crippen LogP contribution in [0.3, 0.4) is 0 Å². The van der Waals surface area contributed by atoms with Gasteiger partial charge in [-0.1, -0.05) is 11.6 Å². The molecular weight excluding hydrogens is 407 g/mol. The van der Waals surface area contributed by atoms with Gasteiger partial charge in [0.15, 0.2) is 0 Å². The second-order valence-corrected chi connectivity index (χ2v) is 8.92. The van der Waals surface area contributed by atoms with Crippen LogP contribution >= 0.6 is 11.6 Å². The number of carbonyl (C=O) groups excluding carboxylic acids is 1. The van der Waals surface area contributed by atoms with E-state index < -0.39 is 31.0 Å². The van der Waals surface area contributed by atoms with Crippen LogP contribution in [0.25, 0.3) is 0 Å². The molecule has 1 aromatic carbocycles. The van der Waals surface area contributed by atoms with Gasteiger partial charge in [-0.05, 0) is 45.9 Å². The first-order valence-corrected chi connectivity index (χ1v) is 9.90. The van der Waals surface area contributed by atoms with Crippen molar-refractivity contribution in [2.24, 2.45) is 0 Å². The van der Waals surface area contributed by atoms with E-state index in [1.165, 1.54) is 4.90 Å². The molecule has 0 aromatic heterocycles. The van der Waals surface area contributed by atoms with E-state index in [0.717, 1.165) is 0 Å². The van der Waals surface area contributed by atoms with Gasteiger partial charge in [-0.25, -0.2) is 0 Å². The topological polar surface area (TPSA) is 42.0 Å². The molecule has 0 N–H and O–H groups in total. The summed E-state index contributed by atoms with van der Waals surface area (Å²) in [4.78, 5) is 15.8. The summed E-state index contributed by atoms with van der Waals surface area (Å²) in [5.74, 6) is -0.244. The normalized spacial score (nSPS) is 22.2. The van der Waals surface area contributed by atoms with Crippen molar-refractivity contribution in [1.29, 1.82) is 0 Å². The molecule has 1 amide bonds. The highest BCUT2D eigenvalue weighted by Crippen LogP contribution is 2.37. The van der Waals surface area contributed by atoms with Crippen LogP contribution in [0.4, 0.5) is 13.2 Å². The molecule has 29 heavy (non-hydrogen) atoms. The maximum absolute atomic E-state index is 12.9. The molecule has 2 saturated heterocycles. The van der Waals surface area contributed by atoms with Gasteiger partial charge in [-0.15, -0.1) is 0 Å². The summed E-state index contributed by atoms with van der Waals surface area (Å²) in [7, 11) is -0.705. The summed E-state index contributed by atoms with van der Waals surface area (Å²) < 4.78 is 49.7. The highest BCUT2D eigenvalue weighted by molar-refractivity contribution is 6.65. The van der Waals surface area contributed by atoms with Crippen LogP contribution < -0.4 is 5.46 Å². The molecule has 2 aliphatic heterocycles. The lowest BCUT2D eigenvalue weighted by Crippen LogP contribution is -2.51. The monoisotopic (exact) mass is 432 g/mol. The van der Waals surface area contributed by atoms with Gasteiger partial charge in [0, 0.05) is 42.2 Å². The van der Waals surface area contributed by atoms with Crippen LogP contribution in [0.15, 0.2) is 18.2 Å². The number of hydrogen-bond donors (Lipinski definition) is 0. The Morgan fingerprint density at radius 1 is 1.10 bits per heavy atom. The van der Waals surface area contributed by atoms with E-state index in [9.17, 15) is 18.0 Å². The van der Waals surface area contributed by atoms with E-state index in [2.05, 4.69) is 0 Å². The van der Waals surface area contributed by atoms with Gasteiger partial charge in [0.25, 0.3) is 5.91 Å². The lowest BCUT2D eigenvalue weighted by atomic mass is 9.78. The first-order chi connectivity index (χ1) is 13.3. The summed E-state index contributed by atoms with van der Waals surface area (Å²) in [6.07, 6.45) is -4.24. The van der Waals surface area contributed by atoms with E-state index in [1.54, 1.807) is 23.1 Å². The van der Waals surface area contributed by atoms with Crippen molar-refractivity contribution in [3.8, 4) is 0 Å². The van der Waals surface area contributed by atoms with Crippen molar-refractivity contribution in [3.05, 3.63) is 28.8 Å². The van der Waals surface area contributed by atoms with Gasteiger partial charge in [0.1, 0.15) is 0 Å². The van der Waals surface area contributed by atoms with Crippen molar-refractivity contribution >= 4 is 30.1 Å². The summed E-state index contributed by atoms with van der Waals surface area (Å²) in [5, 5.41) is 0.426. The molecule has 1 aromatic rings. The van der Waals surface area contributed by atoms with Crippen LogP contribution in [-0.4, -0.2) is 72.9 Å². The fourth-order valence-electron chi connectivity index (χ4n) is 3.37. The number of amides is 1.